The molecule has 2 aliphatic heterocycles. The number of thioether (sulfide) groups is 1. The molecule has 0 aliphatic carbocycles. The average Bonchev–Trinajstić information content (AvgIpc) is 2.74. The molecule has 2 heterocycles. The summed E-state index contributed by atoms with van der Waals surface area (Å²) >= 11 is 1.52. The second kappa shape index (κ2) is 3.92. The number of nitrogens with one attached hydrogen (secondary N) is 2. The number of hydrogen-bond acceptors (Lipinski definition) is 3. The lowest BCUT2D eigenvalue weighted by Gasteiger charge is -2.24. The first-order valence-corrected chi connectivity index (χ1v) is 6.17. The van der Waals surface area contributed by atoms with Gasteiger partial charge in [-0.3, -0.25) is 10.1 Å². The zero-order valence-corrected chi connectivity index (χ0v) is 9.66. The molecule has 0 saturated carbocycles. The minimum atomic E-state index is -0.411. The van der Waals surface area contributed by atoms with Gasteiger partial charge in [-0.25, -0.2) is 4.79 Å². The van der Waals surface area contributed by atoms with Crippen LogP contribution in [0.4, 0.5) is 4.79 Å². The lowest BCUT2D eigenvalue weighted by molar-refractivity contribution is -0.123. The Bertz CT molecular complexity index is 512. The predicted molar refractivity (Wildman–Crippen MR) is 66.0 cm³/mol. The summed E-state index contributed by atoms with van der Waals surface area (Å²) in [5, 5.41) is 4.85. The number of hydrogen-bond donors (Lipinski definition) is 2. The van der Waals surface area contributed by atoms with Crippen LogP contribution in [0, 0.1) is 5.92 Å². The van der Waals surface area contributed by atoms with Crippen LogP contribution in [0.1, 0.15) is 5.56 Å². The van der Waals surface area contributed by atoms with Gasteiger partial charge in [-0.1, -0.05) is 48.2 Å². The highest BCUT2D eigenvalue weighted by molar-refractivity contribution is 8.09. The first-order chi connectivity index (χ1) is 8.24. The smallest absolute Gasteiger partial charge is 0.322 e. The molecule has 0 aromatic heterocycles. The van der Waals surface area contributed by atoms with Crippen molar-refractivity contribution < 1.29 is 9.59 Å². The first-order valence-electron chi connectivity index (χ1n) is 5.29. The highest BCUT2D eigenvalue weighted by atomic mass is 32.2. The first kappa shape index (κ1) is 10.4. The number of carbonyl (C=O) groups excluding carboxylic acids is 2. The summed E-state index contributed by atoms with van der Waals surface area (Å²) in [5.74, 6) is -0.495. The van der Waals surface area contributed by atoms with Crippen LogP contribution in [0.25, 0.3) is 4.91 Å². The van der Waals surface area contributed by atoms with Crippen LogP contribution in [-0.2, 0) is 4.79 Å². The summed E-state index contributed by atoms with van der Waals surface area (Å²) in [6.45, 7) is 0. The summed E-state index contributed by atoms with van der Waals surface area (Å²) < 4.78 is 0. The Balaban J connectivity index is 1.89. The molecule has 3 amide bonds. The topological polar surface area (TPSA) is 58.2 Å². The number of imide groups is 1. The van der Waals surface area contributed by atoms with Crippen molar-refractivity contribution in [1.29, 1.82) is 0 Å². The molecule has 2 unspecified atom stereocenters. The Kier molecular flexibility index (Phi) is 2.40. The SMILES string of the molecule is O=C1NC(=O)C2C=C(c3ccccc3)SC2N1. The highest BCUT2D eigenvalue weighted by Crippen LogP contribution is 2.42. The molecule has 1 fully saturated rings. The third-order valence-electron chi connectivity index (χ3n) is 2.78. The van der Waals surface area contributed by atoms with Crippen LogP contribution in [0.2, 0.25) is 0 Å². The maximum Gasteiger partial charge on any atom is 0.322 e. The molecule has 1 aromatic carbocycles. The lowest BCUT2D eigenvalue weighted by Crippen LogP contribution is -2.55. The molecule has 1 aromatic rings. The number of urea groups is 1. The van der Waals surface area contributed by atoms with E-state index in [0.717, 1.165) is 10.5 Å². The molecule has 2 N–H and O–H groups in total. The van der Waals surface area contributed by atoms with Crippen molar-refractivity contribution in [1.82, 2.24) is 10.6 Å². The Morgan fingerprint density at radius 1 is 1.12 bits per heavy atom. The average molecular weight is 246 g/mol. The van der Waals surface area contributed by atoms with Gasteiger partial charge in [0.1, 0.15) is 0 Å². The van der Waals surface area contributed by atoms with E-state index in [0.29, 0.717) is 0 Å². The summed E-state index contributed by atoms with van der Waals surface area (Å²) in [4.78, 5) is 23.9. The highest BCUT2D eigenvalue weighted by Gasteiger charge is 2.39. The molecule has 17 heavy (non-hydrogen) atoms. The van der Waals surface area contributed by atoms with Gasteiger partial charge in [0.05, 0.1) is 11.3 Å². The van der Waals surface area contributed by atoms with E-state index in [4.69, 9.17) is 0 Å². The predicted octanol–water partition coefficient (Wildman–Crippen LogP) is 1.56. The van der Waals surface area contributed by atoms with E-state index in [-0.39, 0.29) is 17.2 Å². The van der Waals surface area contributed by atoms with Crippen LogP contribution in [0.15, 0.2) is 36.4 Å². The quantitative estimate of drug-likeness (QED) is 0.790. The summed E-state index contributed by atoms with van der Waals surface area (Å²) in [6.07, 6.45) is 1.92. The Morgan fingerprint density at radius 3 is 2.65 bits per heavy atom. The molecule has 2 atom stereocenters. The van der Waals surface area contributed by atoms with E-state index in [1.807, 2.05) is 36.4 Å². The van der Waals surface area contributed by atoms with E-state index >= 15 is 0 Å². The zero-order chi connectivity index (χ0) is 11.8. The zero-order valence-electron chi connectivity index (χ0n) is 8.84. The van der Waals surface area contributed by atoms with Crippen molar-refractivity contribution in [3.63, 3.8) is 0 Å². The van der Waals surface area contributed by atoms with Gasteiger partial charge in [0.2, 0.25) is 5.91 Å². The van der Waals surface area contributed by atoms with Crippen LogP contribution in [0.3, 0.4) is 0 Å². The van der Waals surface area contributed by atoms with E-state index in [1.165, 1.54) is 11.8 Å². The standard InChI is InChI=1S/C12H10N2O2S/c15-10-8-6-9(7-4-2-1-3-5-7)17-11(8)14-12(16)13-10/h1-6,8,11H,(H2,13,14,15,16). The Hall–Kier alpha value is -1.75. The Labute approximate surface area is 102 Å². The number of rotatable bonds is 1. The molecule has 2 aliphatic rings. The van der Waals surface area contributed by atoms with Gasteiger partial charge in [-0.05, 0) is 5.56 Å². The molecule has 86 valence electrons. The fourth-order valence-corrected chi connectivity index (χ4v) is 3.25. The van der Waals surface area contributed by atoms with E-state index < -0.39 is 6.03 Å². The van der Waals surface area contributed by atoms with Crippen molar-refractivity contribution in [3.8, 4) is 0 Å². The van der Waals surface area contributed by atoms with Crippen molar-refractivity contribution in [2.75, 3.05) is 0 Å². The van der Waals surface area contributed by atoms with Gasteiger partial charge in [0.15, 0.2) is 0 Å². The van der Waals surface area contributed by atoms with Gasteiger partial charge >= 0.3 is 6.03 Å². The summed E-state index contributed by atoms with van der Waals surface area (Å²) in [5.41, 5.74) is 1.08. The molecule has 3 rings (SSSR count). The third-order valence-corrected chi connectivity index (χ3v) is 4.07. The van der Waals surface area contributed by atoms with Gasteiger partial charge < -0.3 is 5.32 Å². The minimum Gasteiger partial charge on any atom is -0.325 e. The maximum absolute atomic E-state index is 11.6. The molecule has 1 saturated heterocycles. The van der Waals surface area contributed by atoms with E-state index in [9.17, 15) is 9.59 Å². The van der Waals surface area contributed by atoms with Crippen LogP contribution < -0.4 is 10.6 Å². The van der Waals surface area contributed by atoms with Gasteiger partial charge in [0.25, 0.3) is 0 Å². The van der Waals surface area contributed by atoms with Gasteiger partial charge in [-0.15, -0.1) is 0 Å². The van der Waals surface area contributed by atoms with E-state index in [1.54, 1.807) is 0 Å². The number of amides is 3. The fourth-order valence-electron chi connectivity index (χ4n) is 1.96. The van der Waals surface area contributed by atoms with Gasteiger partial charge in [-0.2, -0.15) is 0 Å². The van der Waals surface area contributed by atoms with Crippen LogP contribution in [0.5, 0.6) is 0 Å². The molecule has 0 bridgehead atoms. The molecule has 5 heteroatoms. The fraction of sp³-hybridized carbons (Fsp3) is 0.167. The van der Waals surface area contributed by atoms with Crippen molar-refractivity contribution in [3.05, 3.63) is 42.0 Å². The monoisotopic (exact) mass is 246 g/mol. The Morgan fingerprint density at radius 2 is 1.88 bits per heavy atom. The number of fused-ring (bicyclic) bond motifs is 1. The minimum absolute atomic E-state index is 0.175. The molecule has 0 spiro atoms. The van der Waals surface area contributed by atoms with Crippen molar-refractivity contribution >= 4 is 28.6 Å². The number of benzene rings is 1. The molecular weight excluding hydrogens is 236 g/mol. The second-order valence-corrected chi connectivity index (χ2v) is 5.11. The molecule has 4 nitrogen and oxygen atoms in total. The van der Waals surface area contributed by atoms with Crippen LogP contribution in [-0.4, -0.2) is 17.3 Å². The largest absolute Gasteiger partial charge is 0.325 e. The lowest BCUT2D eigenvalue weighted by atomic mass is 10.1. The maximum atomic E-state index is 11.6. The van der Waals surface area contributed by atoms with E-state index in [2.05, 4.69) is 10.6 Å². The second-order valence-electron chi connectivity index (χ2n) is 3.92. The van der Waals surface area contributed by atoms with Crippen molar-refractivity contribution in [2.24, 2.45) is 5.92 Å². The molecular formula is C12H10N2O2S. The summed E-state index contributed by atoms with van der Waals surface area (Å²) in [6, 6.07) is 9.44. The normalized spacial score (nSPS) is 26.9. The third kappa shape index (κ3) is 1.82. The summed E-state index contributed by atoms with van der Waals surface area (Å²) in [7, 11) is 0. The number of carbonyl (C=O) groups is 2. The van der Waals surface area contributed by atoms with Crippen molar-refractivity contribution in [2.45, 2.75) is 5.37 Å². The van der Waals surface area contributed by atoms with Crippen LogP contribution >= 0.6 is 11.8 Å². The van der Waals surface area contributed by atoms with Gasteiger partial charge in [0, 0.05) is 4.91 Å². The molecule has 0 radical (unpaired) electrons.